The van der Waals surface area contributed by atoms with Crippen LogP contribution in [0.3, 0.4) is 0 Å². The van der Waals surface area contributed by atoms with Crippen molar-refractivity contribution in [1.29, 1.82) is 0 Å². The van der Waals surface area contributed by atoms with E-state index in [1.807, 2.05) is 19.1 Å². The molecule has 3 aliphatic rings. The van der Waals surface area contributed by atoms with E-state index in [9.17, 15) is 46.7 Å². The lowest BCUT2D eigenvalue weighted by Crippen LogP contribution is -2.66. The number of rotatable bonds is 13. The molecule has 0 aromatic heterocycles. The van der Waals surface area contributed by atoms with Crippen LogP contribution in [0, 0.1) is 18.8 Å². The fourth-order valence-corrected chi connectivity index (χ4v) is 14.1. The first kappa shape index (κ1) is 83.6. The first-order valence-electron chi connectivity index (χ1n) is 35.2. The van der Waals surface area contributed by atoms with Gasteiger partial charge < -0.3 is 60.0 Å². The van der Waals surface area contributed by atoms with Gasteiger partial charge in [0.25, 0.3) is 0 Å². The molecule has 103 heavy (non-hydrogen) atoms. The maximum absolute atomic E-state index is 15.7. The second-order valence-electron chi connectivity index (χ2n) is 28.2. The molecule has 1 aliphatic carbocycles. The van der Waals surface area contributed by atoms with Gasteiger partial charge in [0.15, 0.2) is 0 Å². The molecule has 2 saturated heterocycles. The zero-order valence-corrected chi connectivity index (χ0v) is 63.6. The largest absolute Gasteiger partial charge is 0.417 e. The van der Waals surface area contributed by atoms with Gasteiger partial charge in [0, 0.05) is 87.3 Å². The summed E-state index contributed by atoms with van der Waals surface area (Å²) in [6.07, 6.45) is -4.36. The zero-order valence-electron chi connectivity index (χ0n) is 62.1. The molecule has 0 bridgehead atoms. The number of aryl methyl sites for hydroxylation is 2. The highest BCUT2D eigenvalue weighted by Gasteiger charge is 2.51. The fourth-order valence-electron chi connectivity index (χ4n) is 13.6. The van der Waals surface area contributed by atoms with Crippen molar-refractivity contribution in [3.8, 4) is 0 Å². The minimum absolute atomic E-state index is 0.0716. The molecule has 2 heterocycles. The normalized spacial score (nSPS) is 24.9. The molecule has 3 aromatic carbocycles. The molecule has 29 heteroatoms. The van der Waals surface area contributed by atoms with Crippen LogP contribution in [0.1, 0.15) is 134 Å². The first-order chi connectivity index (χ1) is 48.3. The highest BCUT2D eigenvalue weighted by molar-refractivity contribution is 6.31. The standard InChI is InChI=1S/C74H103Cl2F3N12O12/c1-17-44(5)61-70(101)86(13)47(8)65(96)91-37-34-55(91)69(100)87(14)57(39-49-28-26-43(4)27-29-49)68(99)84(11)42-59(92)80-54(33-31-48-30-32-51(53(76)38-48)74(77,78)79)66(97)90(19-3)56(40-50-24-20-21-25-52(50)75)64(95)82-73(35-22-23-36-73)72(103)89(16)62(45(6)18-2)71(102)88(15)58(67(98)83(9)10)41-60(93)85(12)46(7)63(94)81-61/h20-21,24-30,32,38,44-47,54-58,61-62H,17-19,22-23,31,33-37,39-42H2,1-16H3,(H,80,92)(H,81,94)(H,82,95)/t44-,45-,46-,47-,54-,55?,56-,57-,58-,61-,62-/m0/s1. The molecular formula is C74H103Cl2F3N12O12. The Balaban J connectivity index is 1.50. The number of amides is 12. The van der Waals surface area contributed by atoms with Crippen LogP contribution in [0.2, 0.25) is 10.0 Å². The predicted molar refractivity (Wildman–Crippen MR) is 383 cm³/mol. The third kappa shape index (κ3) is 19.7. The highest BCUT2D eigenvalue weighted by Crippen LogP contribution is 2.37. The van der Waals surface area contributed by atoms with E-state index in [2.05, 4.69) is 16.0 Å². The van der Waals surface area contributed by atoms with Gasteiger partial charge in [-0.25, -0.2) is 0 Å². The van der Waals surface area contributed by atoms with Gasteiger partial charge in [0.1, 0.15) is 59.9 Å². The van der Waals surface area contributed by atoms with Gasteiger partial charge in [-0.1, -0.05) is 131 Å². The molecule has 3 N–H and O–H groups in total. The van der Waals surface area contributed by atoms with Crippen LogP contribution in [-0.4, -0.2) is 251 Å². The maximum Gasteiger partial charge on any atom is 0.417 e. The molecule has 1 unspecified atom stereocenters. The van der Waals surface area contributed by atoms with Crippen molar-refractivity contribution >= 4 is 94.1 Å². The third-order valence-electron chi connectivity index (χ3n) is 21.1. The lowest BCUT2D eigenvalue weighted by molar-refractivity contribution is -0.160. The Labute approximate surface area is 612 Å². The van der Waals surface area contributed by atoms with E-state index < -0.39 is 172 Å². The molecule has 3 aromatic rings. The number of nitrogens with one attached hydrogen (secondary N) is 3. The van der Waals surface area contributed by atoms with Crippen molar-refractivity contribution in [3.05, 3.63) is 105 Å². The van der Waals surface area contributed by atoms with Gasteiger partial charge in [0.2, 0.25) is 70.9 Å². The molecule has 3 fully saturated rings. The number of hydrogen-bond acceptors (Lipinski definition) is 12. The molecule has 1 saturated carbocycles. The van der Waals surface area contributed by atoms with Crippen molar-refractivity contribution in [2.75, 3.05) is 76.0 Å². The van der Waals surface area contributed by atoms with Crippen LogP contribution in [0.5, 0.6) is 0 Å². The van der Waals surface area contributed by atoms with E-state index in [0.29, 0.717) is 36.8 Å². The molecule has 11 atom stereocenters. The number of fused-ring (bicyclic) bond motifs is 1. The second kappa shape index (κ2) is 35.9. The molecular weight excluding hydrogens is 1380 g/mol. The number of benzene rings is 3. The lowest BCUT2D eigenvalue weighted by Gasteiger charge is -2.45. The van der Waals surface area contributed by atoms with E-state index in [4.69, 9.17) is 23.2 Å². The molecule has 12 amide bonds. The number of nitrogens with zero attached hydrogens (tertiary/aromatic N) is 9. The SMILES string of the molecule is CC[C@H](C)[C@@H]1NC(=O)[C@H](C)N(C)C(=O)C[C@@H](C(=O)N(C)C)N(C)C(=O)[C@H]([C@@H](C)CC)N(C)C(=O)C2(CCCC2)NC(=O)[C@H](Cc2ccccc2Cl)N(CC)C(=O)[C@H](CCc2ccc(C(F)(F)F)c(Cl)c2)NC(=O)CN(C)C(=O)[C@H](Cc2ccc(C)cc2)N(C)C(=O)C2CCN2C(=O)[C@H](C)N(C)C1=O. The summed E-state index contributed by atoms with van der Waals surface area (Å²) in [7, 11) is 11.1. The molecule has 24 nitrogen and oxygen atoms in total. The van der Waals surface area contributed by atoms with Crippen LogP contribution < -0.4 is 16.0 Å². The Morgan fingerprint density at radius 3 is 1.83 bits per heavy atom. The van der Waals surface area contributed by atoms with Crippen molar-refractivity contribution in [3.63, 3.8) is 0 Å². The number of alkyl halides is 3. The zero-order chi connectivity index (χ0) is 77.0. The molecule has 6 rings (SSSR count). The third-order valence-corrected chi connectivity index (χ3v) is 21.8. The fraction of sp³-hybridized carbons (Fsp3) is 0.595. The number of halogens is 5. The van der Waals surface area contributed by atoms with Gasteiger partial charge >= 0.3 is 6.18 Å². The quantitative estimate of drug-likeness (QED) is 0.173. The first-order valence-corrected chi connectivity index (χ1v) is 36.0. The minimum atomic E-state index is -4.80. The summed E-state index contributed by atoms with van der Waals surface area (Å²) >= 11 is 13.0. The van der Waals surface area contributed by atoms with Crippen LogP contribution in [0.15, 0.2) is 66.7 Å². The van der Waals surface area contributed by atoms with Crippen LogP contribution >= 0.6 is 23.2 Å². The lowest BCUT2D eigenvalue weighted by atomic mass is 9.90. The van der Waals surface area contributed by atoms with Gasteiger partial charge in [-0.3, -0.25) is 57.5 Å². The van der Waals surface area contributed by atoms with Crippen molar-refractivity contribution in [2.24, 2.45) is 11.8 Å². The summed E-state index contributed by atoms with van der Waals surface area (Å²) in [6, 6.07) is 4.78. The topological polar surface area (TPSA) is 270 Å². The number of carbonyl (C=O) groups excluding carboxylic acids is 12. The van der Waals surface area contributed by atoms with E-state index in [1.165, 1.54) is 106 Å². The Morgan fingerprint density at radius 2 is 1.27 bits per heavy atom. The summed E-state index contributed by atoms with van der Waals surface area (Å²) in [5.41, 5.74) is -0.650. The molecule has 0 radical (unpaired) electrons. The summed E-state index contributed by atoms with van der Waals surface area (Å²) in [6.45, 7) is 12.6. The number of carbonyl (C=O) groups is 12. The van der Waals surface area contributed by atoms with E-state index >= 15 is 24.0 Å². The monoisotopic (exact) mass is 1480 g/mol. The summed E-state index contributed by atoms with van der Waals surface area (Å²) in [5, 5.41) is 8.18. The minimum Gasteiger partial charge on any atom is -0.347 e. The van der Waals surface area contributed by atoms with Crippen LogP contribution in [0.25, 0.3) is 0 Å². The van der Waals surface area contributed by atoms with Crippen LogP contribution in [0.4, 0.5) is 13.2 Å². The maximum atomic E-state index is 15.7. The van der Waals surface area contributed by atoms with Crippen molar-refractivity contribution in [1.82, 2.24) is 60.0 Å². The average Bonchev–Trinajstić information content (AvgIpc) is 1.01. The smallest absolute Gasteiger partial charge is 0.347 e. The number of hydrogen-bond donors (Lipinski definition) is 3. The van der Waals surface area contributed by atoms with E-state index in [0.717, 1.165) is 32.4 Å². The Hall–Kier alpha value is -8.33. The second-order valence-corrected chi connectivity index (χ2v) is 29.0. The van der Waals surface area contributed by atoms with Crippen molar-refractivity contribution < 1.29 is 70.7 Å². The van der Waals surface area contributed by atoms with Gasteiger partial charge in [0.05, 0.1) is 23.6 Å². The average molecular weight is 1480 g/mol. The number of likely N-dealkylation sites (N-methyl/N-ethyl adjacent to an activating group) is 8. The summed E-state index contributed by atoms with van der Waals surface area (Å²) in [4.78, 5) is 190. The van der Waals surface area contributed by atoms with Gasteiger partial charge in [-0.2, -0.15) is 13.2 Å². The summed E-state index contributed by atoms with van der Waals surface area (Å²) in [5.74, 6) is -9.94. The van der Waals surface area contributed by atoms with Crippen molar-refractivity contribution in [2.45, 2.75) is 199 Å². The Morgan fingerprint density at radius 1 is 0.660 bits per heavy atom. The highest BCUT2D eigenvalue weighted by atomic mass is 35.5. The van der Waals surface area contributed by atoms with Gasteiger partial charge in [-0.15, -0.1) is 0 Å². The summed E-state index contributed by atoms with van der Waals surface area (Å²) < 4.78 is 42.0. The molecule has 2 aliphatic heterocycles. The van der Waals surface area contributed by atoms with E-state index in [1.54, 1.807) is 71.0 Å². The Kier molecular flexibility index (Phi) is 29.2. The molecule has 1 spiro atoms. The van der Waals surface area contributed by atoms with Crippen LogP contribution in [-0.2, 0) is 83.0 Å². The molecule has 566 valence electrons. The van der Waals surface area contributed by atoms with E-state index in [-0.39, 0.29) is 68.6 Å². The predicted octanol–water partition coefficient (Wildman–Crippen LogP) is 6.17. The van der Waals surface area contributed by atoms with Gasteiger partial charge in [-0.05, 0) is 107 Å². The Bertz CT molecular complexity index is 3620.